The third-order valence-corrected chi connectivity index (χ3v) is 11.8. The molecule has 1 heterocycles. The van der Waals surface area contributed by atoms with Gasteiger partial charge in [-0.05, 0) is 91.6 Å². The summed E-state index contributed by atoms with van der Waals surface area (Å²) >= 11 is 0. The Morgan fingerprint density at radius 2 is 0.964 bits per heavy atom. The van der Waals surface area contributed by atoms with Gasteiger partial charge < -0.3 is 4.90 Å². The Balaban J connectivity index is 1.17. The highest BCUT2D eigenvalue weighted by atomic mass is 15.1. The van der Waals surface area contributed by atoms with E-state index in [0.717, 1.165) is 72.2 Å². The molecule has 1 aliphatic rings. The van der Waals surface area contributed by atoms with Crippen LogP contribution in [0.15, 0.2) is 188 Å². The van der Waals surface area contributed by atoms with Gasteiger partial charge in [-0.3, -0.25) is 0 Å². The molecule has 0 unspecified atom stereocenters. The van der Waals surface area contributed by atoms with Crippen LogP contribution in [0, 0.1) is 0 Å². The van der Waals surface area contributed by atoms with E-state index in [9.17, 15) is 0 Å². The van der Waals surface area contributed by atoms with Crippen LogP contribution < -0.4 is 4.90 Å². The average Bonchev–Trinajstić information content (AvgIpc) is 3.48. The number of fused-ring (bicyclic) bond motifs is 9. The van der Waals surface area contributed by atoms with Gasteiger partial charge in [0, 0.05) is 39.0 Å². The number of aromatic nitrogens is 2. The first kappa shape index (κ1) is 32.3. The van der Waals surface area contributed by atoms with Crippen molar-refractivity contribution < 1.29 is 0 Å². The van der Waals surface area contributed by atoms with Crippen molar-refractivity contribution in [2.75, 3.05) is 4.90 Å². The second-order valence-corrected chi connectivity index (χ2v) is 15.4. The molecule has 0 amide bonds. The van der Waals surface area contributed by atoms with E-state index in [0.29, 0.717) is 0 Å². The lowest BCUT2D eigenvalue weighted by Gasteiger charge is -2.28. The van der Waals surface area contributed by atoms with E-state index in [-0.39, 0.29) is 5.41 Å². The highest BCUT2D eigenvalue weighted by molar-refractivity contribution is 6.19. The fraction of sp³-hybridized carbons (Fsp3) is 0.0566. The molecule has 11 rings (SSSR count). The molecule has 1 aliphatic carbocycles. The van der Waals surface area contributed by atoms with Gasteiger partial charge in [-0.2, -0.15) is 0 Å². The van der Waals surface area contributed by atoms with Crippen molar-refractivity contribution in [2.45, 2.75) is 19.3 Å². The molecule has 264 valence electrons. The van der Waals surface area contributed by atoms with Gasteiger partial charge in [-0.25, -0.2) is 9.97 Å². The number of benzene rings is 9. The van der Waals surface area contributed by atoms with Crippen molar-refractivity contribution in [1.82, 2.24) is 9.97 Å². The summed E-state index contributed by atoms with van der Waals surface area (Å²) in [6.45, 7) is 4.68. The Bertz CT molecular complexity index is 3170. The zero-order chi connectivity index (χ0) is 37.4. The summed E-state index contributed by atoms with van der Waals surface area (Å²) in [4.78, 5) is 13.3. The Kier molecular flexibility index (Phi) is 7.20. The molecule has 56 heavy (non-hydrogen) atoms. The molecule has 0 bridgehead atoms. The van der Waals surface area contributed by atoms with Gasteiger partial charge in [0.25, 0.3) is 0 Å². The molecule has 0 aliphatic heterocycles. The van der Waals surface area contributed by atoms with Crippen LogP contribution in [0.4, 0.5) is 17.1 Å². The van der Waals surface area contributed by atoms with Gasteiger partial charge in [-0.15, -0.1) is 0 Å². The number of rotatable bonds is 5. The van der Waals surface area contributed by atoms with Gasteiger partial charge >= 0.3 is 0 Å². The minimum Gasteiger partial charge on any atom is -0.310 e. The van der Waals surface area contributed by atoms with Crippen molar-refractivity contribution in [2.24, 2.45) is 0 Å². The highest BCUT2D eigenvalue weighted by Gasteiger charge is 2.35. The van der Waals surface area contributed by atoms with Crippen molar-refractivity contribution in [3.05, 3.63) is 199 Å². The zero-order valence-electron chi connectivity index (χ0n) is 31.2. The van der Waals surface area contributed by atoms with Crippen LogP contribution in [0.1, 0.15) is 25.0 Å². The van der Waals surface area contributed by atoms with Gasteiger partial charge in [0.1, 0.15) is 0 Å². The lowest BCUT2D eigenvalue weighted by Crippen LogP contribution is -2.15. The van der Waals surface area contributed by atoms with Crippen LogP contribution in [0.5, 0.6) is 0 Å². The Morgan fingerprint density at radius 3 is 1.75 bits per heavy atom. The van der Waals surface area contributed by atoms with Gasteiger partial charge in [0.15, 0.2) is 0 Å². The van der Waals surface area contributed by atoms with E-state index < -0.39 is 0 Å². The van der Waals surface area contributed by atoms with E-state index in [2.05, 4.69) is 195 Å². The van der Waals surface area contributed by atoms with Gasteiger partial charge in [0.05, 0.1) is 22.4 Å². The molecule has 0 saturated heterocycles. The van der Waals surface area contributed by atoms with Crippen LogP contribution in [-0.2, 0) is 5.41 Å². The Hall–Kier alpha value is -7.10. The molecule has 0 N–H and O–H groups in total. The second kappa shape index (κ2) is 12.5. The molecule has 0 fully saturated rings. The fourth-order valence-corrected chi connectivity index (χ4v) is 8.99. The Labute approximate surface area is 326 Å². The molecule has 3 nitrogen and oxygen atoms in total. The summed E-state index contributed by atoms with van der Waals surface area (Å²) < 4.78 is 0. The van der Waals surface area contributed by atoms with Crippen LogP contribution in [0.25, 0.3) is 77.0 Å². The summed E-state index contributed by atoms with van der Waals surface area (Å²) in [5, 5.41) is 6.97. The summed E-state index contributed by atoms with van der Waals surface area (Å²) in [5.74, 6) is 0. The normalized spacial score (nSPS) is 13.0. The monoisotopic (exact) mass is 715 g/mol. The molecule has 9 aromatic carbocycles. The van der Waals surface area contributed by atoms with Crippen molar-refractivity contribution >= 4 is 60.4 Å². The average molecular weight is 716 g/mol. The number of anilines is 3. The third-order valence-electron chi connectivity index (χ3n) is 11.8. The van der Waals surface area contributed by atoms with E-state index in [1.807, 2.05) is 12.1 Å². The number of nitrogens with zero attached hydrogens (tertiary/aromatic N) is 3. The van der Waals surface area contributed by atoms with Crippen LogP contribution >= 0.6 is 0 Å². The Morgan fingerprint density at radius 1 is 0.411 bits per heavy atom. The van der Waals surface area contributed by atoms with E-state index in [1.54, 1.807) is 0 Å². The number of hydrogen-bond acceptors (Lipinski definition) is 3. The first-order chi connectivity index (χ1) is 27.5. The maximum atomic E-state index is 5.52. The topological polar surface area (TPSA) is 29.0 Å². The molecule has 1 aromatic heterocycles. The second-order valence-electron chi connectivity index (χ2n) is 15.4. The molecular weight excluding hydrogens is 679 g/mol. The minimum atomic E-state index is -0.0683. The lowest BCUT2D eigenvalue weighted by molar-refractivity contribution is 0.660. The molecule has 0 atom stereocenters. The van der Waals surface area contributed by atoms with E-state index in [1.165, 1.54) is 33.0 Å². The summed E-state index contributed by atoms with van der Waals surface area (Å²) in [7, 11) is 0. The predicted octanol–water partition coefficient (Wildman–Crippen LogP) is 14.2. The van der Waals surface area contributed by atoms with Crippen LogP contribution in [-0.4, -0.2) is 9.97 Å². The zero-order valence-corrected chi connectivity index (χ0v) is 31.2. The quantitative estimate of drug-likeness (QED) is 0.166. The summed E-state index contributed by atoms with van der Waals surface area (Å²) in [5.41, 5.74) is 14.2. The largest absolute Gasteiger partial charge is 0.310 e. The molecule has 3 heteroatoms. The maximum Gasteiger partial charge on any atom is 0.0979 e. The maximum absolute atomic E-state index is 5.52. The fourth-order valence-electron chi connectivity index (χ4n) is 8.99. The predicted molar refractivity (Wildman–Crippen MR) is 235 cm³/mol. The first-order valence-electron chi connectivity index (χ1n) is 19.3. The van der Waals surface area contributed by atoms with Crippen molar-refractivity contribution in [3.8, 4) is 33.6 Å². The molecule has 0 spiro atoms. The minimum absolute atomic E-state index is 0.0683. The third kappa shape index (κ3) is 5.05. The highest BCUT2D eigenvalue weighted by Crippen LogP contribution is 2.51. The molecule has 10 aromatic rings. The van der Waals surface area contributed by atoms with Crippen LogP contribution in [0.2, 0.25) is 0 Å². The first-order valence-corrected chi connectivity index (χ1v) is 19.3. The molecule has 0 radical (unpaired) electrons. The van der Waals surface area contributed by atoms with Crippen LogP contribution in [0.3, 0.4) is 0 Å². The standard InChI is InChI=1S/C53H37N3/c1-53(2)46-20-12-11-19-43(46)45-33-42(28-29-47(45)53)56(40-26-23-34-13-9-10-18-39(34)31-40)41-27-24-35-21-22-36-25-30-48-52(49(36)44(35)32-41)55-51(38-16-7-4-8-17-38)50(54-48)37-14-5-3-6-15-37/h3-33H,1-2H3. The van der Waals surface area contributed by atoms with Crippen molar-refractivity contribution in [3.63, 3.8) is 0 Å². The van der Waals surface area contributed by atoms with E-state index in [4.69, 9.17) is 9.97 Å². The molecule has 0 saturated carbocycles. The molecular formula is C53H37N3. The lowest BCUT2D eigenvalue weighted by atomic mass is 9.82. The smallest absolute Gasteiger partial charge is 0.0979 e. The van der Waals surface area contributed by atoms with Gasteiger partial charge in [0.2, 0.25) is 0 Å². The summed E-state index contributed by atoms with van der Waals surface area (Å²) in [6, 6.07) is 67.8. The summed E-state index contributed by atoms with van der Waals surface area (Å²) in [6.07, 6.45) is 0. The SMILES string of the molecule is CC1(C)c2ccccc2-c2cc(N(c3ccc4ccccc4c3)c3ccc4ccc5ccc6nc(-c7ccccc7)c(-c7ccccc7)nc6c5c4c3)ccc21. The van der Waals surface area contributed by atoms with Crippen molar-refractivity contribution in [1.29, 1.82) is 0 Å². The van der Waals surface area contributed by atoms with Gasteiger partial charge in [-0.1, -0.05) is 159 Å². The number of hydrogen-bond donors (Lipinski definition) is 0. The van der Waals surface area contributed by atoms with E-state index >= 15 is 0 Å².